The first-order valence-electron chi connectivity index (χ1n) is 9.90. The Bertz CT molecular complexity index is 1020. The van der Waals surface area contributed by atoms with Crippen LogP contribution in [0.3, 0.4) is 0 Å². The number of methoxy groups -OCH3 is 1. The van der Waals surface area contributed by atoms with E-state index >= 15 is 0 Å². The Hall–Kier alpha value is -2.98. The number of hydrazine groups is 1. The number of halogens is 4. The number of amides is 2. The second-order valence-corrected chi connectivity index (χ2v) is 7.81. The summed E-state index contributed by atoms with van der Waals surface area (Å²) in [7, 11) is 4.35. The second-order valence-electron chi connectivity index (χ2n) is 7.40. The lowest BCUT2D eigenvalue weighted by Crippen LogP contribution is -2.57. The Morgan fingerprint density at radius 2 is 1.82 bits per heavy atom. The zero-order valence-electron chi connectivity index (χ0n) is 18.5. The lowest BCUT2D eigenvalue weighted by atomic mass is 9.91. The summed E-state index contributed by atoms with van der Waals surface area (Å²) in [5.41, 5.74) is -1.61. The van der Waals surface area contributed by atoms with Crippen molar-refractivity contribution in [2.24, 2.45) is 0 Å². The molecule has 2 rings (SSSR count). The van der Waals surface area contributed by atoms with Crippen LogP contribution in [0, 0.1) is 0 Å². The highest BCUT2D eigenvalue weighted by Gasteiger charge is 2.62. The van der Waals surface area contributed by atoms with Gasteiger partial charge in [-0.15, -0.1) is 0 Å². The number of benzene rings is 2. The van der Waals surface area contributed by atoms with Gasteiger partial charge in [0.25, 0.3) is 17.4 Å². The fourth-order valence-corrected chi connectivity index (χ4v) is 3.30. The van der Waals surface area contributed by atoms with Crippen molar-refractivity contribution in [1.82, 2.24) is 9.91 Å². The Labute approximate surface area is 194 Å². The molecule has 0 saturated heterocycles. The third kappa shape index (κ3) is 5.51. The minimum absolute atomic E-state index is 0.0430. The van der Waals surface area contributed by atoms with Crippen LogP contribution in [0.15, 0.2) is 42.5 Å². The maximum atomic E-state index is 14.1. The van der Waals surface area contributed by atoms with Crippen LogP contribution in [0.4, 0.5) is 18.9 Å². The molecule has 1 atom stereocenters. The van der Waals surface area contributed by atoms with Gasteiger partial charge in [0, 0.05) is 26.2 Å². The fraction of sp³-hybridized carbons (Fsp3) is 0.364. The highest BCUT2D eigenvalue weighted by Crippen LogP contribution is 2.41. The van der Waals surface area contributed by atoms with E-state index in [0.29, 0.717) is 5.01 Å². The smallest absolute Gasteiger partial charge is 0.430 e. The van der Waals surface area contributed by atoms with E-state index in [1.54, 1.807) is 21.0 Å². The maximum absolute atomic E-state index is 14.1. The lowest BCUT2D eigenvalue weighted by molar-refractivity contribution is -0.261. The minimum Gasteiger partial charge on any atom is -0.497 e. The Balaban J connectivity index is 2.46. The third-order valence-electron chi connectivity index (χ3n) is 4.77. The number of hydrogen-bond donors (Lipinski definition) is 2. The predicted molar refractivity (Wildman–Crippen MR) is 118 cm³/mol. The second kappa shape index (κ2) is 10.3. The first-order chi connectivity index (χ1) is 15.4. The van der Waals surface area contributed by atoms with E-state index in [2.05, 4.69) is 5.43 Å². The van der Waals surface area contributed by atoms with Gasteiger partial charge in [-0.1, -0.05) is 30.7 Å². The number of hydrogen-bond acceptors (Lipinski definition) is 5. The largest absolute Gasteiger partial charge is 0.497 e. The Kier molecular flexibility index (Phi) is 8.20. The van der Waals surface area contributed by atoms with Crippen molar-refractivity contribution in [2.75, 3.05) is 33.2 Å². The quantitative estimate of drug-likeness (QED) is 0.549. The summed E-state index contributed by atoms with van der Waals surface area (Å²) in [6, 6.07) is 8.69. The standard InChI is InChI=1S/C22H25ClF3N3O4/c1-5-11-29(27-15-9-10-17(18(23)13-15)19(30)28(2)3)20(31)21(32,22(24,25)26)14-7-6-8-16(12-14)33-4/h6-10,12-13,27,32H,5,11H2,1-4H3. The molecule has 0 aromatic heterocycles. The van der Waals surface area contributed by atoms with E-state index in [1.165, 1.54) is 42.3 Å². The SMILES string of the molecule is CCCN(Nc1ccc(C(=O)N(C)C)c(Cl)c1)C(=O)C(O)(c1cccc(OC)c1)C(F)(F)F. The van der Waals surface area contributed by atoms with E-state index in [4.69, 9.17) is 16.3 Å². The summed E-state index contributed by atoms with van der Waals surface area (Å²) >= 11 is 6.17. The zero-order chi connectivity index (χ0) is 25.0. The minimum atomic E-state index is -5.33. The number of anilines is 1. The molecule has 11 heteroatoms. The van der Waals surface area contributed by atoms with Crippen molar-refractivity contribution in [1.29, 1.82) is 0 Å². The number of nitrogens with zero attached hydrogens (tertiary/aromatic N) is 2. The molecule has 2 aromatic carbocycles. The molecule has 33 heavy (non-hydrogen) atoms. The van der Waals surface area contributed by atoms with Crippen LogP contribution < -0.4 is 10.2 Å². The van der Waals surface area contributed by atoms with Gasteiger partial charge in [0.2, 0.25) is 0 Å². The van der Waals surface area contributed by atoms with Crippen LogP contribution in [-0.2, 0) is 10.4 Å². The predicted octanol–water partition coefficient (Wildman–Crippen LogP) is 4.07. The summed E-state index contributed by atoms with van der Waals surface area (Å²) in [6.07, 6.45) is -5.04. The van der Waals surface area contributed by atoms with Gasteiger partial charge in [0.15, 0.2) is 0 Å². The Morgan fingerprint density at radius 3 is 2.33 bits per heavy atom. The van der Waals surface area contributed by atoms with Gasteiger partial charge in [0.1, 0.15) is 5.75 Å². The van der Waals surface area contributed by atoms with Crippen LogP contribution in [0.25, 0.3) is 0 Å². The van der Waals surface area contributed by atoms with Gasteiger partial charge in [-0.05, 0) is 36.8 Å². The van der Waals surface area contributed by atoms with E-state index in [-0.39, 0.29) is 40.9 Å². The van der Waals surface area contributed by atoms with Crippen molar-refractivity contribution in [3.05, 3.63) is 58.6 Å². The highest BCUT2D eigenvalue weighted by atomic mass is 35.5. The molecule has 0 spiro atoms. The van der Waals surface area contributed by atoms with Crippen molar-refractivity contribution in [3.8, 4) is 5.75 Å². The van der Waals surface area contributed by atoms with Gasteiger partial charge in [-0.3, -0.25) is 20.0 Å². The average Bonchev–Trinajstić information content (AvgIpc) is 2.76. The number of carbonyl (C=O) groups is 2. The van der Waals surface area contributed by atoms with Crippen molar-refractivity contribution >= 4 is 29.1 Å². The van der Waals surface area contributed by atoms with Crippen LogP contribution in [0.5, 0.6) is 5.75 Å². The third-order valence-corrected chi connectivity index (χ3v) is 5.08. The van der Waals surface area contributed by atoms with Gasteiger partial charge in [-0.2, -0.15) is 13.2 Å². The van der Waals surface area contributed by atoms with E-state index < -0.39 is 23.2 Å². The maximum Gasteiger partial charge on any atom is 0.430 e. The molecule has 7 nitrogen and oxygen atoms in total. The van der Waals surface area contributed by atoms with Gasteiger partial charge >= 0.3 is 6.18 Å². The lowest BCUT2D eigenvalue weighted by Gasteiger charge is -2.35. The van der Waals surface area contributed by atoms with Gasteiger partial charge in [0.05, 0.1) is 23.4 Å². The molecule has 180 valence electrons. The number of carbonyl (C=O) groups excluding carboxylic acids is 2. The summed E-state index contributed by atoms with van der Waals surface area (Å²) in [5, 5.41) is 11.4. The number of rotatable bonds is 8. The topological polar surface area (TPSA) is 82.1 Å². The van der Waals surface area contributed by atoms with Crippen LogP contribution in [-0.4, -0.2) is 60.8 Å². The number of aliphatic hydroxyl groups is 1. The zero-order valence-corrected chi connectivity index (χ0v) is 19.3. The van der Waals surface area contributed by atoms with Crippen LogP contribution >= 0.6 is 11.6 Å². The molecular formula is C22H25ClF3N3O4. The molecule has 0 aliphatic heterocycles. The molecule has 0 bridgehead atoms. The van der Waals surface area contributed by atoms with Crippen molar-refractivity contribution in [3.63, 3.8) is 0 Å². The number of alkyl halides is 3. The highest BCUT2D eigenvalue weighted by molar-refractivity contribution is 6.34. The molecule has 0 fully saturated rings. The van der Waals surface area contributed by atoms with Crippen molar-refractivity contribution < 1.29 is 32.6 Å². The van der Waals surface area contributed by atoms with Crippen LogP contribution in [0.2, 0.25) is 5.02 Å². The molecule has 0 heterocycles. The first kappa shape index (κ1) is 26.3. The molecule has 0 aliphatic rings. The molecule has 0 aliphatic carbocycles. The summed E-state index contributed by atoms with van der Waals surface area (Å²) in [5.74, 6) is -1.95. The van der Waals surface area contributed by atoms with Crippen molar-refractivity contribution in [2.45, 2.75) is 25.1 Å². The number of nitrogens with one attached hydrogen (secondary N) is 1. The van der Waals surface area contributed by atoms with Crippen LogP contribution in [0.1, 0.15) is 29.3 Å². The average molecular weight is 488 g/mol. The molecule has 2 amide bonds. The van der Waals surface area contributed by atoms with E-state index in [0.717, 1.165) is 12.1 Å². The summed E-state index contributed by atoms with van der Waals surface area (Å²) in [6.45, 7) is 1.50. The molecular weight excluding hydrogens is 463 g/mol. The van der Waals surface area contributed by atoms with E-state index in [1.807, 2.05) is 0 Å². The van der Waals surface area contributed by atoms with Gasteiger partial charge in [-0.25, -0.2) is 0 Å². The fourth-order valence-electron chi connectivity index (χ4n) is 3.04. The molecule has 2 aromatic rings. The Morgan fingerprint density at radius 1 is 1.15 bits per heavy atom. The van der Waals surface area contributed by atoms with E-state index in [9.17, 15) is 27.9 Å². The molecule has 0 radical (unpaired) electrons. The molecule has 2 N–H and O–H groups in total. The van der Waals surface area contributed by atoms with Gasteiger partial charge < -0.3 is 14.7 Å². The summed E-state index contributed by atoms with van der Waals surface area (Å²) in [4.78, 5) is 26.6. The summed E-state index contributed by atoms with van der Waals surface area (Å²) < 4.78 is 47.1. The number of ether oxygens (including phenoxy) is 1. The molecule has 1 unspecified atom stereocenters. The monoisotopic (exact) mass is 487 g/mol. The molecule has 0 saturated carbocycles. The normalized spacial score (nSPS) is 13.1. The first-order valence-corrected chi connectivity index (χ1v) is 10.3.